The van der Waals surface area contributed by atoms with Gasteiger partial charge in [-0.15, -0.1) is 0 Å². The second-order valence-corrected chi connectivity index (χ2v) is 6.61. The zero-order chi connectivity index (χ0) is 22.1. The Bertz CT molecular complexity index is 880. The molecule has 2 aromatic rings. The van der Waals surface area contributed by atoms with E-state index in [1.165, 1.54) is 42.7 Å². The van der Waals surface area contributed by atoms with Gasteiger partial charge in [0.05, 0.1) is 12.8 Å². The van der Waals surface area contributed by atoms with E-state index >= 15 is 0 Å². The fraction of sp³-hybridized carbons (Fsp3) is 0.300. The van der Waals surface area contributed by atoms with Crippen molar-refractivity contribution >= 4 is 29.4 Å². The third-order valence-electron chi connectivity index (χ3n) is 3.87. The number of ether oxygens (including phenoxy) is 1. The highest BCUT2D eigenvalue weighted by atomic mass is 19.1. The van der Waals surface area contributed by atoms with Gasteiger partial charge < -0.3 is 25.1 Å². The van der Waals surface area contributed by atoms with Crippen molar-refractivity contribution in [2.24, 2.45) is 5.92 Å². The molecule has 1 heterocycles. The predicted octanol–water partition coefficient (Wildman–Crippen LogP) is 1.47. The smallest absolute Gasteiger partial charge is 0.329 e. The minimum atomic E-state index is -0.989. The van der Waals surface area contributed by atoms with E-state index < -0.39 is 42.2 Å². The Morgan fingerprint density at radius 3 is 2.37 bits per heavy atom. The van der Waals surface area contributed by atoms with Crippen LogP contribution in [0.1, 0.15) is 24.4 Å². The van der Waals surface area contributed by atoms with Crippen LogP contribution in [0.5, 0.6) is 0 Å². The standard InChI is InChI=1S/C20H22FN3O6/c1-12(2)18(24-19(27)15-4-3-9-29-15)20(28)30-11-17(26)22-10-16(25)23-14-7-5-13(21)6-8-14/h3-9,12,18H,10-11H2,1-2H3,(H,22,26)(H,23,25)(H,24,27)/t18-/m0/s1. The van der Waals surface area contributed by atoms with Crippen molar-refractivity contribution in [1.82, 2.24) is 10.6 Å². The van der Waals surface area contributed by atoms with Gasteiger partial charge in [-0.05, 0) is 42.3 Å². The van der Waals surface area contributed by atoms with Crippen LogP contribution in [-0.4, -0.2) is 42.9 Å². The summed E-state index contributed by atoms with van der Waals surface area (Å²) >= 11 is 0. The van der Waals surface area contributed by atoms with E-state index in [0.29, 0.717) is 5.69 Å². The molecule has 0 fully saturated rings. The molecule has 30 heavy (non-hydrogen) atoms. The van der Waals surface area contributed by atoms with Crippen LogP contribution in [-0.2, 0) is 19.1 Å². The lowest BCUT2D eigenvalue weighted by atomic mass is 10.0. The van der Waals surface area contributed by atoms with Crippen LogP contribution in [0, 0.1) is 11.7 Å². The third-order valence-corrected chi connectivity index (χ3v) is 3.87. The summed E-state index contributed by atoms with van der Waals surface area (Å²) in [6, 6.07) is 7.11. The molecular formula is C20H22FN3O6. The number of amides is 3. The summed E-state index contributed by atoms with van der Waals surface area (Å²) in [5, 5.41) is 7.26. The summed E-state index contributed by atoms with van der Waals surface area (Å²) in [4.78, 5) is 47.9. The number of furan rings is 1. The molecule has 1 aromatic carbocycles. The molecule has 0 aliphatic heterocycles. The van der Waals surface area contributed by atoms with Gasteiger partial charge in [0.1, 0.15) is 11.9 Å². The van der Waals surface area contributed by atoms with Gasteiger partial charge in [0.15, 0.2) is 12.4 Å². The van der Waals surface area contributed by atoms with E-state index in [1.54, 1.807) is 13.8 Å². The van der Waals surface area contributed by atoms with Crippen molar-refractivity contribution in [1.29, 1.82) is 0 Å². The van der Waals surface area contributed by atoms with Crippen LogP contribution in [0.25, 0.3) is 0 Å². The van der Waals surface area contributed by atoms with Crippen LogP contribution in [0.4, 0.5) is 10.1 Å². The summed E-state index contributed by atoms with van der Waals surface area (Å²) in [5.74, 6) is -3.32. The Balaban J connectivity index is 1.76. The van der Waals surface area contributed by atoms with Crippen LogP contribution in [0.2, 0.25) is 0 Å². The van der Waals surface area contributed by atoms with Crippen molar-refractivity contribution in [2.75, 3.05) is 18.5 Å². The molecule has 0 radical (unpaired) electrons. The summed E-state index contributed by atoms with van der Waals surface area (Å²) < 4.78 is 22.7. The first kappa shape index (κ1) is 22.6. The van der Waals surface area contributed by atoms with Crippen LogP contribution >= 0.6 is 0 Å². The summed E-state index contributed by atoms with van der Waals surface area (Å²) in [6.07, 6.45) is 1.33. The molecule has 2 rings (SSSR count). The van der Waals surface area contributed by atoms with Crippen LogP contribution < -0.4 is 16.0 Å². The highest BCUT2D eigenvalue weighted by molar-refractivity contribution is 5.96. The molecule has 1 atom stereocenters. The number of rotatable bonds is 9. The first-order valence-corrected chi connectivity index (χ1v) is 9.09. The van der Waals surface area contributed by atoms with E-state index in [2.05, 4.69) is 16.0 Å². The van der Waals surface area contributed by atoms with Crippen LogP contribution in [0.3, 0.4) is 0 Å². The fourth-order valence-corrected chi connectivity index (χ4v) is 2.31. The first-order valence-electron chi connectivity index (χ1n) is 9.09. The number of benzene rings is 1. The molecule has 160 valence electrons. The Morgan fingerprint density at radius 2 is 1.77 bits per heavy atom. The molecule has 0 spiro atoms. The zero-order valence-corrected chi connectivity index (χ0v) is 16.4. The lowest BCUT2D eigenvalue weighted by Crippen LogP contribution is -2.46. The second kappa shape index (κ2) is 10.7. The van der Waals surface area contributed by atoms with Gasteiger partial charge in [0, 0.05) is 5.69 Å². The van der Waals surface area contributed by atoms with Crippen molar-refractivity contribution < 1.29 is 32.7 Å². The van der Waals surface area contributed by atoms with E-state index in [0.717, 1.165) is 0 Å². The minimum Gasteiger partial charge on any atom is -0.459 e. The Hall–Kier alpha value is -3.69. The topological polar surface area (TPSA) is 127 Å². The molecule has 0 unspecified atom stereocenters. The monoisotopic (exact) mass is 419 g/mol. The summed E-state index contributed by atoms with van der Waals surface area (Å²) in [5.41, 5.74) is 0.370. The maximum Gasteiger partial charge on any atom is 0.329 e. The predicted molar refractivity (Wildman–Crippen MR) is 104 cm³/mol. The summed E-state index contributed by atoms with van der Waals surface area (Å²) in [7, 11) is 0. The quantitative estimate of drug-likeness (QED) is 0.529. The number of carbonyl (C=O) groups is 4. The number of nitrogens with one attached hydrogen (secondary N) is 3. The molecule has 0 saturated carbocycles. The number of hydrogen-bond acceptors (Lipinski definition) is 6. The van der Waals surface area contributed by atoms with E-state index in [9.17, 15) is 23.6 Å². The molecule has 10 heteroatoms. The van der Waals surface area contributed by atoms with Gasteiger partial charge in [-0.25, -0.2) is 9.18 Å². The third kappa shape index (κ3) is 7.04. The maximum atomic E-state index is 12.8. The van der Waals surface area contributed by atoms with Crippen molar-refractivity contribution in [3.63, 3.8) is 0 Å². The zero-order valence-electron chi connectivity index (χ0n) is 16.4. The molecule has 0 aliphatic carbocycles. The molecular weight excluding hydrogens is 397 g/mol. The number of esters is 1. The van der Waals surface area contributed by atoms with E-state index in [-0.39, 0.29) is 18.2 Å². The number of anilines is 1. The number of hydrogen-bond donors (Lipinski definition) is 3. The Kier molecular flexibility index (Phi) is 8.09. The average molecular weight is 419 g/mol. The maximum absolute atomic E-state index is 12.8. The van der Waals surface area contributed by atoms with Crippen molar-refractivity contribution in [3.05, 3.63) is 54.2 Å². The van der Waals surface area contributed by atoms with Gasteiger partial charge in [-0.2, -0.15) is 0 Å². The second-order valence-electron chi connectivity index (χ2n) is 6.61. The van der Waals surface area contributed by atoms with Gasteiger partial charge in [-0.3, -0.25) is 14.4 Å². The molecule has 3 amide bonds. The van der Waals surface area contributed by atoms with Crippen molar-refractivity contribution in [2.45, 2.75) is 19.9 Å². The number of halogens is 1. The lowest BCUT2D eigenvalue weighted by Gasteiger charge is -2.20. The van der Waals surface area contributed by atoms with E-state index in [4.69, 9.17) is 9.15 Å². The normalized spacial score (nSPS) is 11.5. The van der Waals surface area contributed by atoms with Gasteiger partial charge in [0.2, 0.25) is 5.91 Å². The molecule has 0 bridgehead atoms. The van der Waals surface area contributed by atoms with Crippen molar-refractivity contribution in [3.8, 4) is 0 Å². The number of carbonyl (C=O) groups excluding carboxylic acids is 4. The van der Waals surface area contributed by atoms with Gasteiger partial charge >= 0.3 is 5.97 Å². The fourth-order valence-electron chi connectivity index (χ4n) is 2.31. The molecule has 0 saturated heterocycles. The lowest BCUT2D eigenvalue weighted by molar-refractivity contribution is -0.151. The largest absolute Gasteiger partial charge is 0.459 e. The van der Waals surface area contributed by atoms with Gasteiger partial charge in [0.25, 0.3) is 11.8 Å². The molecule has 9 nitrogen and oxygen atoms in total. The minimum absolute atomic E-state index is 0.0401. The van der Waals surface area contributed by atoms with Gasteiger partial charge in [-0.1, -0.05) is 13.8 Å². The average Bonchev–Trinajstić information content (AvgIpc) is 3.25. The Labute approximate surface area is 172 Å². The molecule has 3 N–H and O–H groups in total. The summed E-state index contributed by atoms with van der Waals surface area (Å²) in [6.45, 7) is 2.42. The first-order chi connectivity index (χ1) is 14.3. The SMILES string of the molecule is CC(C)[C@H](NC(=O)c1ccco1)C(=O)OCC(=O)NCC(=O)Nc1ccc(F)cc1. The Morgan fingerprint density at radius 1 is 1.07 bits per heavy atom. The highest BCUT2D eigenvalue weighted by Gasteiger charge is 2.27. The highest BCUT2D eigenvalue weighted by Crippen LogP contribution is 2.08. The van der Waals surface area contributed by atoms with E-state index in [1.807, 2.05) is 0 Å². The van der Waals surface area contributed by atoms with Crippen LogP contribution in [0.15, 0.2) is 47.1 Å². The molecule has 0 aliphatic rings. The molecule has 1 aromatic heterocycles.